The van der Waals surface area contributed by atoms with E-state index in [4.69, 9.17) is 9.47 Å². The predicted molar refractivity (Wildman–Crippen MR) is 86.4 cm³/mol. The maximum absolute atomic E-state index is 9.93. The molecule has 0 aliphatic carbocycles. The van der Waals surface area contributed by atoms with Gasteiger partial charge in [-0.2, -0.15) is 0 Å². The van der Waals surface area contributed by atoms with Gasteiger partial charge in [-0.25, -0.2) is 0 Å². The topological polar surface area (TPSA) is 50.7 Å². The minimum atomic E-state index is -0.496. The van der Waals surface area contributed by atoms with Crippen LogP contribution >= 0.6 is 15.9 Å². The van der Waals surface area contributed by atoms with Crippen LogP contribution in [-0.2, 0) is 9.47 Å². The van der Waals surface area contributed by atoms with Gasteiger partial charge in [0, 0.05) is 23.7 Å². The highest BCUT2D eigenvalue weighted by Gasteiger charge is 2.16. The maximum Gasteiger partial charge on any atom is 0.0897 e. The standard InChI is InChI=1S/C16H24BrNO3/c1-12(13-4-6-14(17)7-5-13)18-9-15(19)10-20-11-16-3-2-8-21-16/h4-7,12,15-16,18-19H,2-3,8-11H2,1H3/t12-,15?,16?/m0/s1. The highest BCUT2D eigenvalue weighted by molar-refractivity contribution is 9.10. The van der Waals surface area contributed by atoms with E-state index in [1.165, 1.54) is 5.56 Å². The smallest absolute Gasteiger partial charge is 0.0897 e. The Hall–Kier alpha value is -0.460. The van der Waals surface area contributed by atoms with Crippen LogP contribution in [0, 0.1) is 0 Å². The lowest BCUT2D eigenvalue weighted by molar-refractivity contribution is -0.0168. The molecule has 0 spiro atoms. The van der Waals surface area contributed by atoms with Gasteiger partial charge in [-0.15, -0.1) is 0 Å². The lowest BCUT2D eigenvalue weighted by atomic mass is 10.1. The van der Waals surface area contributed by atoms with Gasteiger partial charge in [0.05, 0.1) is 25.4 Å². The van der Waals surface area contributed by atoms with E-state index in [0.717, 1.165) is 23.9 Å². The normalized spacial score (nSPS) is 21.4. The van der Waals surface area contributed by atoms with E-state index >= 15 is 0 Å². The molecule has 118 valence electrons. The zero-order chi connectivity index (χ0) is 15.1. The van der Waals surface area contributed by atoms with Gasteiger partial charge in [-0.1, -0.05) is 28.1 Å². The summed E-state index contributed by atoms with van der Waals surface area (Å²) in [6.45, 7) is 4.37. The van der Waals surface area contributed by atoms with Crippen LogP contribution in [0.1, 0.15) is 31.4 Å². The third-order valence-electron chi connectivity index (χ3n) is 3.67. The molecular formula is C16H24BrNO3. The molecule has 3 atom stereocenters. The first-order chi connectivity index (χ1) is 10.1. The van der Waals surface area contributed by atoms with Crippen LogP contribution < -0.4 is 5.32 Å². The average Bonchev–Trinajstić information content (AvgIpc) is 2.99. The second kappa shape index (κ2) is 8.86. The van der Waals surface area contributed by atoms with Crippen LogP contribution in [0.4, 0.5) is 0 Å². The second-order valence-electron chi connectivity index (χ2n) is 5.51. The Morgan fingerprint density at radius 2 is 2.19 bits per heavy atom. The van der Waals surface area contributed by atoms with Crippen molar-refractivity contribution in [3.8, 4) is 0 Å². The molecule has 2 N–H and O–H groups in total. The van der Waals surface area contributed by atoms with Crippen molar-refractivity contribution in [2.45, 2.75) is 38.0 Å². The summed E-state index contributed by atoms with van der Waals surface area (Å²) >= 11 is 3.43. The number of halogens is 1. The number of hydrogen-bond donors (Lipinski definition) is 2. The van der Waals surface area contributed by atoms with E-state index in [1.807, 2.05) is 12.1 Å². The molecule has 1 aromatic rings. The van der Waals surface area contributed by atoms with Gasteiger partial charge in [0.1, 0.15) is 0 Å². The zero-order valence-corrected chi connectivity index (χ0v) is 14.0. The lowest BCUT2D eigenvalue weighted by Crippen LogP contribution is -2.33. The Labute approximate surface area is 135 Å². The van der Waals surface area contributed by atoms with Crippen molar-refractivity contribution in [3.63, 3.8) is 0 Å². The number of aliphatic hydroxyl groups is 1. The minimum absolute atomic E-state index is 0.200. The predicted octanol–water partition coefficient (Wildman–Crippen LogP) is 2.66. The Kier molecular flexibility index (Phi) is 7.13. The van der Waals surface area contributed by atoms with Crippen molar-refractivity contribution in [2.75, 3.05) is 26.4 Å². The van der Waals surface area contributed by atoms with Gasteiger partial charge in [-0.05, 0) is 37.5 Å². The van der Waals surface area contributed by atoms with Crippen molar-refractivity contribution in [3.05, 3.63) is 34.3 Å². The van der Waals surface area contributed by atoms with Crippen LogP contribution in [0.2, 0.25) is 0 Å². The molecule has 1 aromatic carbocycles. The molecular weight excluding hydrogens is 334 g/mol. The van der Waals surface area contributed by atoms with Crippen molar-refractivity contribution in [2.24, 2.45) is 0 Å². The molecule has 0 aromatic heterocycles. The molecule has 0 amide bonds. The molecule has 1 aliphatic heterocycles. The lowest BCUT2D eigenvalue weighted by Gasteiger charge is -2.18. The summed E-state index contributed by atoms with van der Waals surface area (Å²) in [5.41, 5.74) is 1.20. The van der Waals surface area contributed by atoms with Crippen LogP contribution in [0.3, 0.4) is 0 Å². The fourth-order valence-electron chi connectivity index (χ4n) is 2.35. The van der Waals surface area contributed by atoms with Gasteiger partial charge in [0.15, 0.2) is 0 Å². The number of nitrogens with one attached hydrogen (secondary N) is 1. The Bertz CT molecular complexity index is 406. The highest BCUT2D eigenvalue weighted by atomic mass is 79.9. The van der Waals surface area contributed by atoms with E-state index < -0.39 is 6.10 Å². The largest absolute Gasteiger partial charge is 0.389 e. The Morgan fingerprint density at radius 1 is 1.43 bits per heavy atom. The summed E-state index contributed by atoms with van der Waals surface area (Å²) in [7, 11) is 0. The molecule has 5 heteroatoms. The number of hydrogen-bond acceptors (Lipinski definition) is 4. The molecule has 1 saturated heterocycles. The molecule has 4 nitrogen and oxygen atoms in total. The number of aliphatic hydroxyl groups excluding tert-OH is 1. The quantitative estimate of drug-likeness (QED) is 0.750. The van der Waals surface area contributed by atoms with Crippen molar-refractivity contribution in [1.29, 1.82) is 0 Å². The second-order valence-corrected chi connectivity index (χ2v) is 6.42. The van der Waals surface area contributed by atoms with Crippen LogP contribution in [0.5, 0.6) is 0 Å². The summed E-state index contributed by atoms with van der Waals surface area (Å²) < 4.78 is 12.1. The summed E-state index contributed by atoms with van der Waals surface area (Å²) in [6, 6.07) is 8.39. The average molecular weight is 358 g/mol. The van der Waals surface area contributed by atoms with Crippen molar-refractivity contribution in [1.82, 2.24) is 5.32 Å². The third-order valence-corrected chi connectivity index (χ3v) is 4.20. The van der Waals surface area contributed by atoms with Crippen LogP contribution in [-0.4, -0.2) is 43.7 Å². The first-order valence-electron chi connectivity index (χ1n) is 7.51. The van der Waals surface area contributed by atoms with Crippen molar-refractivity contribution >= 4 is 15.9 Å². The Balaban J connectivity index is 1.61. The van der Waals surface area contributed by atoms with Crippen molar-refractivity contribution < 1.29 is 14.6 Å². The molecule has 0 saturated carbocycles. The molecule has 1 aliphatic rings. The highest BCUT2D eigenvalue weighted by Crippen LogP contribution is 2.16. The van der Waals surface area contributed by atoms with Gasteiger partial charge in [0.2, 0.25) is 0 Å². The molecule has 1 fully saturated rings. The maximum atomic E-state index is 9.93. The van der Waals surface area contributed by atoms with E-state index in [9.17, 15) is 5.11 Å². The molecule has 2 rings (SSSR count). The van der Waals surface area contributed by atoms with Crippen LogP contribution in [0.25, 0.3) is 0 Å². The van der Waals surface area contributed by atoms with Crippen LogP contribution in [0.15, 0.2) is 28.7 Å². The number of rotatable bonds is 8. The fraction of sp³-hybridized carbons (Fsp3) is 0.625. The third kappa shape index (κ3) is 6.04. The SMILES string of the molecule is C[C@H](NCC(O)COCC1CCCO1)c1ccc(Br)cc1. The summed E-state index contributed by atoms with van der Waals surface area (Å²) in [5, 5.41) is 13.2. The van der Waals surface area contributed by atoms with Gasteiger partial charge in [-0.3, -0.25) is 0 Å². The summed E-state index contributed by atoms with van der Waals surface area (Å²) in [4.78, 5) is 0. The van der Waals surface area contributed by atoms with E-state index in [1.54, 1.807) is 0 Å². The molecule has 0 radical (unpaired) electrons. The van der Waals surface area contributed by atoms with Gasteiger partial charge >= 0.3 is 0 Å². The fourth-order valence-corrected chi connectivity index (χ4v) is 2.62. The monoisotopic (exact) mass is 357 g/mol. The van der Waals surface area contributed by atoms with E-state index in [2.05, 4.69) is 40.3 Å². The number of ether oxygens (including phenoxy) is 2. The van der Waals surface area contributed by atoms with E-state index in [-0.39, 0.29) is 12.1 Å². The summed E-state index contributed by atoms with van der Waals surface area (Å²) in [5.74, 6) is 0. The molecule has 21 heavy (non-hydrogen) atoms. The first-order valence-corrected chi connectivity index (χ1v) is 8.30. The zero-order valence-electron chi connectivity index (χ0n) is 12.4. The summed E-state index contributed by atoms with van der Waals surface area (Å²) in [6.07, 6.45) is 1.90. The van der Waals surface area contributed by atoms with E-state index in [0.29, 0.717) is 19.8 Å². The van der Waals surface area contributed by atoms with Gasteiger partial charge in [0.25, 0.3) is 0 Å². The molecule has 2 unspecified atom stereocenters. The minimum Gasteiger partial charge on any atom is -0.389 e. The Morgan fingerprint density at radius 3 is 2.86 bits per heavy atom. The molecule has 0 bridgehead atoms. The first kappa shape index (κ1) is 16.9. The van der Waals surface area contributed by atoms with Gasteiger partial charge < -0.3 is 19.9 Å². The molecule has 1 heterocycles. The number of benzene rings is 1.